The van der Waals surface area contributed by atoms with Crippen LogP contribution in [-0.4, -0.2) is 33.7 Å². The topological polar surface area (TPSA) is 68.2 Å². The van der Waals surface area contributed by atoms with Gasteiger partial charge in [-0.05, 0) is 57.3 Å². The molecule has 0 bridgehead atoms. The summed E-state index contributed by atoms with van der Waals surface area (Å²) in [5.74, 6) is 1.54. The maximum Gasteiger partial charge on any atom is 0.231 e. The predicted octanol–water partition coefficient (Wildman–Crippen LogP) is 4.52. The third-order valence-corrected chi connectivity index (χ3v) is 6.03. The molecule has 2 atom stereocenters. The summed E-state index contributed by atoms with van der Waals surface area (Å²) in [7, 11) is 0. The molecule has 1 aliphatic heterocycles. The highest BCUT2D eigenvalue weighted by molar-refractivity contribution is 5.85. The molecule has 1 saturated heterocycles. The Morgan fingerprint density at radius 3 is 2.78 bits per heavy atom. The molecular formula is C21H31ClN4O. The van der Waals surface area contributed by atoms with E-state index >= 15 is 0 Å². The zero-order chi connectivity index (χ0) is 18.0. The van der Waals surface area contributed by atoms with Gasteiger partial charge in [0.2, 0.25) is 11.7 Å². The molecule has 1 aromatic heterocycles. The van der Waals surface area contributed by atoms with Crippen molar-refractivity contribution in [1.82, 2.24) is 15.0 Å². The first kappa shape index (κ1) is 20.3. The van der Waals surface area contributed by atoms with Crippen LogP contribution in [-0.2, 0) is 6.54 Å². The molecular weight excluding hydrogens is 360 g/mol. The number of likely N-dealkylation sites (tertiary alicyclic amines) is 1. The highest BCUT2D eigenvalue weighted by atomic mass is 35.5. The van der Waals surface area contributed by atoms with Gasteiger partial charge < -0.3 is 10.3 Å². The summed E-state index contributed by atoms with van der Waals surface area (Å²) in [4.78, 5) is 7.25. The Morgan fingerprint density at radius 2 is 2.00 bits per heavy atom. The van der Waals surface area contributed by atoms with Gasteiger partial charge in [0.1, 0.15) is 0 Å². The fraction of sp³-hybridized carbons (Fsp3) is 0.619. The Balaban J connectivity index is 0.00000210. The van der Waals surface area contributed by atoms with Crippen LogP contribution in [0.4, 0.5) is 0 Å². The first-order chi connectivity index (χ1) is 12.6. The van der Waals surface area contributed by atoms with Gasteiger partial charge in [-0.25, -0.2) is 0 Å². The van der Waals surface area contributed by atoms with E-state index in [-0.39, 0.29) is 23.9 Å². The molecule has 27 heavy (non-hydrogen) atoms. The quantitative estimate of drug-likeness (QED) is 0.831. The molecule has 0 spiro atoms. The summed E-state index contributed by atoms with van der Waals surface area (Å²) in [5.41, 5.74) is 8.59. The third-order valence-electron chi connectivity index (χ3n) is 6.03. The van der Waals surface area contributed by atoms with Gasteiger partial charge in [-0.2, -0.15) is 4.98 Å². The Bertz CT molecular complexity index is 739. The van der Waals surface area contributed by atoms with Crippen LogP contribution in [0.2, 0.25) is 0 Å². The Morgan fingerprint density at radius 1 is 1.19 bits per heavy atom. The van der Waals surface area contributed by atoms with Crippen molar-refractivity contribution in [2.24, 2.45) is 5.73 Å². The van der Waals surface area contributed by atoms with Gasteiger partial charge in [-0.1, -0.05) is 42.6 Å². The predicted molar refractivity (Wildman–Crippen MR) is 110 cm³/mol. The number of benzene rings is 1. The standard InChI is InChI=1S/C21H30N4O.ClH/c1-21(22)11-4-3-10-18(21)20-23-19(24-26-20)17-9-7-8-16(14-17)15-25-12-5-2-6-13-25;/h7-9,14,18H,2-6,10-13,15,22H2,1H3;1H. The summed E-state index contributed by atoms with van der Waals surface area (Å²) in [5, 5.41) is 4.26. The second-order valence-corrected chi connectivity index (χ2v) is 8.30. The number of hydrogen-bond donors (Lipinski definition) is 1. The van der Waals surface area contributed by atoms with Crippen molar-refractivity contribution < 1.29 is 4.52 Å². The monoisotopic (exact) mass is 390 g/mol. The normalized spacial score (nSPS) is 26.5. The fourth-order valence-corrected chi connectivity index (χ4v) is 4.44. The second-order valence-electron chi connectivity index (χ2n) is 8.30. The van der Waals surface area contributed by atoms with E-state index in [4.69, 9.17) is 15.2 Å². The number of piperidine rings is 1. The van der Waals surface area contributed by atoms with E-state index in [2.05, 4.69) is 41.2 Å². The minimum Gasteiger partial charge on any atom is -0.339 e. The zero-order valence-corrected chi connectivity index (χ0v) is 17.0. The summed E-state index contributed by atoms with van der Waals surface area (Å²) in [6, 6.07) is 8.55. The summed E-state index contributed by atoms with van der Waals surface area (Å²) >= 11 is 0. The van der Waals surface area contributed by atoms with Crippen LogP contribution in [0, 0.1) is 0 Å². The lowest BCUT2D eigenvalue weighted by atomic mass is 9.74. The van der Waals surface area contributed by atoms with Crippen molar-refractivity contribution >= 4 is 12.4 Å². The van der Waals surface area contributed by atoms with E-state index in [1.807, 2.05) is 0 Å². The maximum atomic E-state index is 6.50. The summed E-state index contributed by atoms with van der Waals surface area (Å²) in [6.07, 6.45) is 8.40. The first-order valence-corrected chi connectivity index (χ1v) is 10.1. The molecule has 0 radical (unpaired) electrons. The molecule has 2 aliphatic rings. The van der Waals surface area contributed by atoms with Crippen molar-refractivity contribution in [3.05, 3.63) is 35.7 Å². The molecule has 0 amide bonds. The zero-order valence-electron chi connectivity index (χ0n) is 16.2. The molecule has 6 heteroatoms. The average molecular weight is 391 g/mol. The van der Waals surface area contributed by atoms with Gasteiger partial charge in [0.15, 0.2) is 0 Å². The van der Waals surface area contributed by atoms with E-state index in [0.29, 0.717) is 11.7 Å². The van der Waals surface area contributed by atoms with E-state index < -0.39 is 0 Å². The Kier molecular flexibility index (Phi) is 6.56. The number of hydrogen-bond acceptors (Lipinski definition) is 5. The van der Waals surface area contributed by atoms with Gasteiger partial charge >= 0.3 is 0 Å². The van der Waals surface area contributed by atoms with E-state index in [9.17, 15) is 0 Å². The lowest BCUT2D eigenvalue weighted by Crippen LogP contribution is -2.44. The van der Waals surface area contributed by atoms with Crippen LogP contribution >= 0.6 is 12.4 Å². The van der Waals surface area contributed by atoms with Gasteiger partial charge in [0.05, 0.1) is 5.92 Å². The Labute approximate surface area is 168 Å². The van der Waals surface area contributed by atoms with Crippen molar-refractivity contribution in [3.63, 3.8) is 0 Å². The third kappa shape index (κ3) is 4.71. The van der Waals surface area contributed by atoms with Crippen LogP contribution in [0.1, 0.15) is 69.2 Å². The van der Waals surface area contributed by atoms with Gasteiger partial charge in [0.25, 0.3) is 0 Å². The molecule has 1 aromatic carbocycles. The molecule has 4 rings (SSSR count). The van der Waals surface area contributed by atoms with E-state index in [1.54, 1.807) is 0 Å². The molecule has 1 aliphatic carbocycles. The lowest BCUT2D eigenvalue weighted by Gasteiger charge is -2.35. The van der Waals surface area contributed by atoms with Crippen molar-refractivity contribution in [3.8, 4) is 11.4 Å². The molecule has 2 heterocycles. The first-order valence-electron chi connectivity index (χ1n) is 10.1. The minimum atomic E-state index is -0.252. The minimum absolute atomic E-state index is 0. The number of aromatic nitrogens is 2. The molecule has 2 aromatic rings. The smallest absolute Gasteiger partial charge is 0.231 e. The van der Waals surface area contributed by atoms with Crippen LogP contribution in [0.15, 0.2) is 28.8 Å². The second kappa shape index (κ2) is 8.72. The molecule has 2 unspecified atom stereocenters. The van der Waals surface area contributed by atoms with Crippen molar-refractivity contribution in [1.29, 1.82) is 0 Å². The Hall–Kier alpha value is -1.43. The average Bonchev–Trinajstić information content (AvgIpc) is 3.12. The van der Waals surface area contributed by atoms with E-state index in [1.165, 1.54) is 50.8 Å². The summed E-state index contributed by atoms with van der Waals surface area (Å²) < 4.78 is 5.63. The van der Waals surface area contributed by atoms with Crippen molar-refractivity contribution in [2.45, 2.75) is 69.9 Å². The number of nitrogens with two attached hydrogens (primary N) is 1. The number of nitrogens with zero attached hydrogens (tertiary/aromatic N) is 3. The largest absolute Gasteiger partial charge is 0.339 e. The molecule has 2 N–H and O–H groups in total. The molecule has 1 saturated carbocycles. The maximum absolute atomic E-state index is 6.50. The van der Waals surface area contributed by atoms with Crippen LogP contribution < -0.4 is 5.73 Å². The van der Waals surface area contributed by atoms with Crippen LogP contribution in [0.25, 0.3) is 11.4 Å². The number of rotatable bonds is 4. The number of halogens is 1. The van der Waals surface area contributed by atoms with Crippen molar-refractivity contribution in [2.75, 3.05) is 13.1 Å². The lowest BCUT2D eigenvalue weighted by molar-refractivity contribution is 0.221. The highest BCUT2D eigenvalue weighted by Gasteiger charge is 2.37. The molecule has 2 fully saturated rings. The van der Waals surface area contributed by atoms with Crippen LogP contribution in [0.5, 0.6) is 0 Å². The van der Waals surface area contributed by atoms with Crippen LogP contribution in [0.3, 0.4) is 0 Å². The van der Waals surface area contributed by atoms with E-state index in [0.717, 1.165) is 24.9 Å². The van der Waals surface area contributed by atoms with Gasteiger partial charge in [-0.3, -0.25) is 4.90 Å². The SMILES string of the molecule is CC1(N)CCCCC1c1nc(-c2cccc(CN3CCCCC3)c2)no1.Cl. The van der Waals surface area contributed by atoms with Gasteiger partial charge in [-0.15, -0.1) is 12.4 Å². The fourth-order valence-electron chi connectivity index (χ4n) is 4.44. The summed E-state index contributed by atoms with van der Waals surface area (Å²) in [6.45, 7) is 5.52. The molecule has 5 nitrogen and oxygen atoms in total. The highest BCUT2D eigenvalue weighted by Crippen LogP contribution is 2.38. The molecule has 148 valence electrons. The van der Waals surface area contributed by atoms with Gasteiger partial charge in [0, 0.05) is 17.6 Å².